The van der Waals surface area contributed by atoms with Gasteiger partial charge in [-0.3, -0.25) is 9.59 Å². The maximum atomic E-state index is 13.2. The first-order valence-corrected chi connectivity index (χ1v) is 12.2. The van der Waals surface area contributed by atoms with E-state index in [9.17, 15) is 9.59 Å². The molecule has 0 saturated heterocycles. The summed E-state index contributed by atoms with van der Waals surface area (Å²) in [5.41, 5.74) is 2.04. The minimum atomic E-state index is -0.547. The van der Waals surface area contributed by atoms with Gasteiger partial charge < -0.3 is 10.2 Å². The predicted molar refractivity (Wildman–Crippen MR) is 131 cm³/mol. The van der Waals surface area contributed by atoms with E-state index in [0.29, 0.717) is 35.2 Å². The standard InChI is InChI=1S/C24H30Cl2N2O2S/c1-5-22(24(30)27-16(2)3)28(15-18-8-11-20(25)21(26)14-18)23(29)12-13-31-19-9-6-17(4)7-10-19/h6-11,14,16,22H,5,12-13,15H2,1-4H3,(H,27,30). The molecule has 2 aromatic carbocycles. The molecule has 2 aromatic rings. The van der Waals surface area contributed by atoms with E-state index in [1.165, 1.54) is 5.56 Å². The Morgan fingerprint density at radius 2 is 1.74 bits per heavy atom. The number of carbonyl (C=O) groups is 2. The summed E-state index contributed by atoms with van der Waals surface area (Å²) < 4.78 is 0. The Bertz CT molecular complexity index is 888. The summed E-state index contributed by atoms with van der Waals surface area (Å²) in [7, 11) is 0. The van der Waals surface area contributed by atoms with Crippen molar-refractivity contribution >= 4 is 46.8 Å². The van der Waals surface area contributed by atoms with E-state index in [0.717, 1.165) is 10.5 Å². The lowest BCUT2D eigenvalue weighted by Crippen LogP contribution is -2.50. The van der Waals surface area contributed by atoms with Gasteiger partial charge in [0.25, 0.3) is 0 Å². The van der Waals surface area contributed by atoms with E-state index in [1.54, 1.807) is 28.8 Å². The van der Waals surface area contributed by atoms with Crippen molar-refractivity contribution in [3.63, 3.8) is 0 Å². The summed E-state index contributed by atoms with van der Waals surface area (Å²) in [6.45, 7) is 8.09. The average molecular weight is 481 g/mol. The van der Waals surface area contributed by atoms with E-state index in [2.05, 4.69) is 29.6 Å². The number of aryl methyl sites for hydroxylation is 1. The number of hydrogen-bond acceptors (Lipinski definition) is 3. The molecule has 0 heterocycles. The number of rotatable bonds is 10. The van der Waals surface area contributed by atoms with Gasteiger partial charge in [-0.15, -0.1) is 11.8 Å². The summed E-state index contributed by atoms with van der Waals surface area (Å²) in [6, 6.07) is 13.0. The molecular weight excluding hydrogens is 451 g/mol. The van der Waals surface area contributed by atoms with Crippen LogP contribution >= 0.6 is 35.0 Å². The smallest absolute Gasteiger partial charge is 0.243 e. The molecule has 0 aliphatic heterocycles. The molecule has 168 valence electrons. The number of thioether (sulfide) groups is 1. The number of nitrogens with zero attached hydrogens (tertiary/aromatic N) is 1. The maximum Gasteiger partial charge on any atom is 0.243 e. The van der Waals surface area contributed by atoms with Crippen LogP contribution in [-0.2, 0) is 16.1 Å². The largest absolute Gasteiger partial charge is 0.352 e. The summed E-state index contributed by atoms with van der Waals surface area (Å²) in [4.78, 5) is 28.8. The van der Waals surface area contributed by atoms with Crippen LogP contribution in [0.2, 0.25) is 10.0 Å². The third-order valence-corrected chi connectivity index (χ3v) is 6.51. The number of nitrogens with one attached hydrogen (secondary N) is 1. The first-order valence-electron chi connectivity index (χ1n) is 10.4. The molecule has 0 radical (unpaired) electrons. The molecule has 0 saturated carbocycles. The Balaban J connectivity index is 2.15. The van der Waals surface area contributed by atoms with E-state index >= 15 is 0 Å². The van der Waals surface area contributed by atoms with E-state index in [4.69, 9.17) is 23.2 Å². The quantitative estimate of drug-likeness (QED) is 0.416. The average Bonchev–Trinajstić information content (AvgIpc) is 2.71. The lowest BCUT2D eigenvalue weighted by atomic mass is 10.1. The van der Waals surface area contributed by atoms with Crippen LogP contribution in [0, 0.1) is 6.92 Å². The second-order valence-corrected chi connectivity index (χ2v) is 9.75. The highest BCUT2D eigenvalue weighted by atomic mass is 35.5. The highest BCUT2D eigenvalue weighted by molar-refractivity contribution is 7.99. The van der Waals surface area contributed by atoms with Crippen LogP contribution in [0.15, 0.2) is 47.4 Å². The lowest BCUT2D eigenvalue weighted by molar-refractivity contribution is -0.141. The predicted octanol–water partition coefficient (Wildman–Crippen LogP) is 6.12. The highest BCUT2D eigenvalue weighted by Gasteiger charge is 2.28. The Hall–Kier alpha value is -1.69. The Morgan fingerprint density at radius 1 is 1.06 bits per heavy atom. The van der Waals surface area contributed by atoms with Crippen molar-refractivity contribution in [2.24, 2.45) is 0 Å². The SMILES string of the molecule is CCC(C(=O)NC(C)C)N(Cc1ccc(Cl)c(Cl)c1)C(=O)CCSc1ccc(C)cc1. The van der Waals surface area contributed by atoms with Crippen LogP contribution in [0.25, 0.3) is 0 Å². The molecule has 1 N–H and O–H groups in total. The van der Waals surface area contributed by atoms with Gasteiger partial charge >= 0.3 is 0 Å². The molecule has 7 heteroatoms. The molecule has 0 aliphatic rings. The van der Waals surface area contributed by atoms with Gasteiger partial charge in [0.15, 0.2) is 0 Å². The van der Waals surface area contributed by atoms with Crippen LogP contribution in [-0.4, -0.2) is 34.6 Å². The molecule has 0 aliphatic carbocycles. The van der Waals surface area contributed by atoms with Crippen molar-refractivity contribution in [2.75, 3.05) is 5.75 Å². The van der Waals surface area contributed by atoms with Gasteiger partial charge in [0.05, 0.1) is 10.0 Å². The summed E-state index contributed by atoms with van der Waals surface area (Å²) in [5.74, 6) is 0.440. The van der Waals surface area contributed by atoms with Gasteiger partial charge in [0.1, 0.15) is 6.04 Å². The highest BCUT2D eigenvalue weighted by Crippen LogP contribution is 2.25. The summed E-state index contributed by atoms with van der Waals surface area (Å²) in [5, 5.41) is 3.83. The zero-order valence-electron chi connectivity index (χ0n) is 18.5. The van der Waals surface area contributed by atoms with Crippen LogP contribution in [0.5, 0.6) is 0 Å². The minimum absolute atomic E-state index is 0.000529. The molecule has 31 heavy (non-hydrogen) atoms. The van der Waals surface area contributed by atoms with Gasteiger partial charge in [0, 0.05) is 29.7 Å². The molecule has 2 amide bonds. The van der Waals surface area contributed by atoms with Gasteiger partial charge in [-0.2, -0.15) is 0 Å². The Kier molecular flexibility index (Phi) is 10.2. The molecule has 4 nitrogen and oxygen atoms in total. The van der Waals surface area contributed by atoms with Gasteiger partial charge in [-0.1, -0.05) is 53.9 Å². The molecule has 1 unspecified atom stereocenters. The number of carbonyl (C=O) groups excluding carboxylic acids is 2. The zero-order chi connectivity index (χ0) is 23.0. The molecule has 0 spiro atoms. The topological polar surface area (TPSA) is 49.4 Å². The van der Waals surface area contributed by atoms with Crippen molar-refractivity contribution in [1.82, 2.24) is 10.2 Å². The Labute approximate surface area is 199 Å². The van der Waals surface area contributed by atoms with Crippen LogP contribution in [0.1, 0.15) is 44.7 Å². The van der Waals surface area contributed by atoms with Crippen molar-refractivity contribution in [3.05, 3.63) is 63.6 Å². The molecule has 1 atom stereocenters. The van der Waals surface area contributed by atoms with Crippen LogP contribution < -0.4 is 5.32 Å². The van der Waals surface area contributed by atoms with Gasteiger partial charge in [0.2, 0.25) is 11.8 Å². The second-order valence-electron chi connectivity index (χ2n) is 7.77. The normalized spacial score (nSPS) is 12.0. The zero-order valence-corrected chi connectivity index (χ0v) is 20.8. The van der Waals surface area contributed by atoms with Crippen molar-refractivity contribution in [1.29, 1.82) is 0 Å². The van der Waals surface area contributed by atoms with Crippen LogP contribution in [0.3, 0.4) is 0 Å². The fraction of sp³-hybridized carbons (Fsp3) is 0.417. The number of hydrogen-bond donors (Lipinski definition) is 1. The molecular formula is C24H30Cl2N2O2S. The minimum Gasteiger partial charge on any atom is -0.352 e. The molecule has 2 rings (SSSR count). The first kappa shape index (κ1) is 25.6. The number of halogens is 2. The van der Waals surface area contributed by atoms with Gasteiger partial charge in [-0.25, -0.2) is 0 Å². The van der Waals surface area contributed by atoms with Crippen molar-refractivity contribution < 1.29 is 9.59 Å². The summed E-state index contributed by atoms with van der Waals surface area (Å²) >= 11 is 13.8. The van der Waals surface area contributed by atoms with E-state index in [1.807, 2.05) is 33.8 Å². The molecule has 0 aromatic heterocycles. The molecule has 0 fully saturated rings. The Morgan fingerprint density at radius 3 is 2.32 bits per heavy atom. The molecule has 0 bridgehead atoms. The first-order chi connectivity index (χ1) is 14.7. The van der Waals surface area contributed by atoms with E-state index in [-0.39, 0.29) is 17.9 Å². The second kappa shape index (κ2) is 12.4. The third kappa shape index (κ3) is 8.06. The lowest BCUT2D eigenvalue weighted by Gasteiger charge is -2.31. The number of amides is 2. The fourth-order valence-electron chi connectivity index (χ4n) is 3.17. The number of benzene rings is 2. The van der Waals surface area contributed by atoms with E-state index < -0.39 is 6.04 Å². The third-order valence-electron chi connectivity index (χ3n) is 4.76. The summed E-state index contributed by atoms with van der Waals surface area (Å²) in [6.07, 6.45) is 0.863. The maximum absolute atomic E-state index is 13.2. The van der Waals surface area contributed by atoms with Gasteiger partial charge in [-0.05, 0) is 57.0 Å². The fourth-order valence-corrected chi connectivity index (χ4v) is 4.33. The van der Waals surface area contributed by atoms with Crippen molar-refractivity contribution in [3.8, 4) is 0 Å². The monoisotopic (exact) mass is 480 g/mol. The van der Waals surface area contributed by atoms with Crippen molar-refractivity contribution in [2.45, 2.75) is 64.1 Å². The van der Waals surface area contributed by atoms with Crippen LogP contribution in [0.4, 0.5) is 0 Å².